The molecule has 0 bridgehead atoms. The van der Waals surface area contributed by atoms with Crippen LogP contribution in [0.3, 0.4) is 0 Å². The molecule has 2 aromatic heterocycles. The summed E-state index contributed by atoms with van der Waals surface area (Å²) in [4.78, 5) is 12.5. The van der Waals surface area contributed by atoms with Crippen molar-refractivity contribution in [3.8, 4) is 0 Å². The predicted octanol–water partition coefficient (Wildman–Crippen LogP) is 3.58. The summed E-state index contributed by atoms with van der Waals surface area (Å²) in [5.74, 6) is 0.871. The molecular weight excluding hydrogens is 342 g/mol. The number of nitrogens with zero attached hydrogens (tertiary/aromatic N) is 2. The fourth-order valence-electron chi connectivity index (χ4n) is 3.03. The molecule has 0 spiro atoms. The highest BCUT2D eigenvalue weighted by Crippen LogP contribution is 2.21. The normalized spacial score (nSPS) is 11.9. The number of rotatable bonds is 7. The molecule has 2 heterocycles. The van der Waals surface area contributed by atoms with Gasteiger partial charge in [-0.05, 0) is 38.3 Å². The Morgan fingerprint density at radius 1 is 1.23 bits per heavy atom. The maximum atomic E-state index is 4.66. The molecule has 138 valence electrons. The molecule has 0 saturated carbocycles. The number of aryl methyl sites for hydroxylation is 2. The number of aromatic amines is 1. The van der Waals surface area contributed by atoms with Crippen LogP contribution in [0.15, 0.2) is 34.8 Å². The smallest absolute Gasteiger partial charge is 0.191 e. The number of benzene rings is 1. The lowest BCUT2D eigenvalue weighted by molar-refractivity contribution is 0.796. The molecule has 6 heteroatoms. The van der Waals surface area contributed by atoms with E-state index in [9.17, 15) is 0 Å². The Morgan fingerprint density at radius 2 is 2.12 bits per heavy atom. The van der Waals surface area contributed by atoms with Crippen molar-refractivity contribution in [2.75, 3.05) is 19.6 Å². The van der Waals surface area contributed by atoms with Crippen LogP contribution < -0.4 is 10.6 Å². The van der Waals surface area contributed by atoms with Crippen LogP contribution in [0.4, 0.5) is 0 Å². The molecule has 0 aliphatic heterocycles. The molecule has 0 saturated heterocycles. The van der Waals surface area contributed by atoms with E-state index < -0.39 is 0 Å². The molecule has 5 nitrogen and oxygen atoms in total. The van der Waals surface area contributed by atoms with Gasteiger partial charge in [0, 0.05) is 48.5 Å². The Hall–Kier alpha value is -2.34. The number of fused-ring (bicyclic) bond motifs is 1. The second kappa shape index (κ2) is 8.85. The van der Waals surface area contributed by atoms with Gasteiger partial charge in [0.2, 0.25) is 0 Å². The Bertz CT molecular complexity index is 877. The topological polar surface area (TPSA) is 65.1 Å². The van der Waals surface area contributed by atoms with Crippen LogP contribution in [0.2, 0.25) is 0 Å². The fourth-order valence-corrected chi connectivity index (χ4v) is 3.68. The number of hydrogen-bond acceptors (Lipinski definition) is 3. The first-order valence-electron chi connectivity index (χ1n) is 9.16. The standard InChI is InChI=1S/C20H27N5S/c1-4-21-20(23-11-9-17-13-26-15(3)25-17)22-10-8-16-12-24-19-14(2)6-5-7-18(16)19/h5-7,12-13,24H,4,8-11H2,1-3H3,(H2,21,22,23). The second-order valence-electron chi connectivity index (χ2n) is 6.36. The average molecular weight is 370 g/mol. The second-order valence-corrected chi connectivity index (χ2v) is 7.42. The first kappa shape index (κ1) is 18.5. The Kier molecular flexibility index (Phi) is 6.28. The molecule has 3 N–H and O–H groups in total. The first-order chi connectivity index (χ1) is 12.7. The molecule has 3 rings (SSSR count). The third-order valence-corrected chi connectivity index (χ3v) is 5.17. The molecule has 0 radical (unpaired) electrons. The number of H-pyrrole nitrogens is 1. The maximum Gasteiger partial charge on any atom is 0.191 e. The van der Waals surface area contributed by atoms with Crippen LogP contribution >= 0.6 is 11.3 Å². The van der Waals surface area contributed by atoms with Crippen molar-refractivity contribution < 1.29 is 0 Å². The lowest BCUT2D eigenvalue weighted by Gasteiger charge is -2.11. The van der Waals surface area contributed by atoms with Crippen molar-refractivity contribution in [1.82, 2.24) is 20.6 Å². The molecule has 0 amide bonds. The van der Waals surface area contributed by atoms with Gasteiger partial charge in [-0.15, -0.1) is 11.3 Å². The van der Waals surface area contributed by atoms with E-state index in [1.807, 2.05) is 6.92 Å². The largest absolute Gasteiger partial charge is 0.361 e. The van der Waals surface area contributed by atoms with Crippen LogP contribution in [0.25, 0.3) is 10.9 Å². The van der Waals surface area contributed by atoms with E-state index in [0.717, 1.165) is 49.1 Å². The van der Waals surface area contributed by atoms with E-state index in [4.69, 9.17) is 0 Å². The van der Waals surface area contributed by atoms with Gasteiger partial charge in [-0.25, -0.2) is 4.98 Å². The van der Waals surface area contributed by atoms with Crippen molar-refractivity contribution in [2.24, 2.45) is 4.99 Å². The van der Waals surface area contributed by atoms with Gasteiger partial charge in [0.25, 0.3) is 0 Å². The molecule has 0 unspecified atom stereocenters. The number of para-hydroxylation sites is 1. The Labute approximate surface area is 159 Å². The highest BCUT2D eigenvalue weighted by atomic mass is 32.1. The molecule has 0 aliphatic rings. The van der Waals surface area contributed by atoms with Crippen LogP contribution in [0.5, 0.6) is 0 Å². The van der Waals surface area contributed by atoms with Crippen molar-refractivity contribution >= 4 is 28.2 Å². The SMILES string of the molecule is CCNC(=NCCc1csc(C)n1)NCCc1c[nH]c2c(C)cccc12. The molecule has 3 aromatic rings. The van der Waals surface area contributed by atoms with E-state index in [1.165, 1.54) is 22.0 Å². The summed E-state index contributed by atoms with van der Waals surface area (Å²) in [7, 11) is 0. The van der Waals surface area contributed by atoms with Crippen LogP contribution in [0.1, 0.15) is 28.8 Å². The number of nitrogens with one attached hydrogen (secondary N) is 3. The van der Waals surface area contributed by atoms with Crippen LogP contribution in [-0.2, 0) is 12.8 Å². The van der Waals surface area contributed by atoms with Gasteiger partial charge >= 0.3 is 0 Å². The highest BCUT2D eigenvalue weighted by molar-refractivity contribution is 7.09. The predicted molar refractivity (Wildman–Crippen MR) is 111 cm³/mol. The van der Waals surface area contributed by atoms with Gasteiger partial charge in [0.15, 0.2) is 5.96 Å². The van der Waals surface area contributed by atoms with Crippen LogP contribution in [-0.4, -0.2) is 35.6 Å². The minimum absolute atomic E-state index is 0.741. The summed E-state index contributed by atoms with van der Waals surface area (Å²) in [5.41, 5.74) is 4.99. The minimum Gasteiger partial charge on any atom is -0.361 e. The van der Waals surface area contributed by atoms with E-state index in [-0.39, 0.29) is 0 Å². The van der Waals surface area contributed by atoms with Gasteiger partial charge in [-0.2, -0.15) is 0 Å². The number of aromatic nitrogens is 2. The summed E-state index contributed by atoms with van der Waals surface area (Å²) in [5, 5.41) is 11.3. The Balaban J connectivity index is 1.54. The zero-order valence-corrected chi connectivity index (χ0v) is 16.5. The summed E-state index contributed by atoms with van der Waals surface area (Å²) >= 11 is 1.69. The van der Waals surface area contributed by atoms with E-state index in [1.54, 1.807) is 11.3 Å². The van der Waals surface area contributed by atoms with Crippen molar-refractivity contribution in [1.29, 1.82) is 0 Å². The molecule has 1 aromatic carbocycles. The summed E-state index contributed by atoms with van der Waals surface area (Å²) in [6.45, 7) is 8.71. The Morgan fingerprint density at radius 3 is 2.88 bits per heavy atom. The molecule has 26 heavy (non-hydrogen) atoms. The van der Waals surface area contributed by atoms with Gasteiger partial charge in [0.1, 0.15) is 0 Å². The van der Waals surface area contributed by atoms with E-state index in [2.05, 4.69) is 69.2 Å². The zero-order chi connectivity index (χ0) is 18.4. The lowest BCUT2D eigenvalue weighted by atomic mass is 10.1. The van der Waals surface area contributed by atoms with Gasteiger partial charge in [0.05, 0.1) is 10.7 Å². The lowest BCUT2D eigenvalue weighted by Crippen LogP contribution is -2.38. The first-order valence-corrected chi connectivity index (χ1v) is 10.0. The molecule has 0 aliphatic carbocycles. The summed E-state index contributed by atoms with van der Waals surface area (Å²) < 4.78 is 0. The summed E-state index contributed by atoms with van der Waals surface area (Å²) in [6.07, 6.45) is 3.95. The van der Waals surface area contributed by atoms with E-state index >= 15 is 0 Å². The molecule has 0 fully saturated rings. The van der Waals surface area contributed by atoms with Gasteiger partial charge < -0.3 is 15.6 Å². The van der Waals surface area contributed by atoms with Gasteiger partial charge in [-0.3, -0.25) is 4.99 Å². The third kappa shape index (κ3) is 4.64. The zero-order valence-electron chi connectivity index (χ0n) is 15.7. The van der Waals surface area contributed by atoms with Crippen molar-refractivity contribution in [3.63, 3.8) is 0 Å². The third-order valence-electron chi connectivity index (χ3n) is 4.34. The highest BCUT2D eigenvalue weighted by Gasteiger charge is 2.06. The monoisotopic (exact) mass is 369 g/mol. The van der Waals surface area contributed by atoms with Crippen molar-refractivity contribution in [3.05, 3.63) is 51.6 Å². The van der Waals surface area contributed by atoms with E-state index in [0.29, 0.717) is 0 Å². The number of hydrogen-bond donors (Lipinski definition) is 3. The van der Waals surface area contributed by atoms with Crippen molar-refractivity contribution in [2.45, 2.75) is 33.6 Å². The molecule has 0 atom stereocenters. The number of aliphatic imine (C=N–C) groups is 1. The summed E-state index contributed by atoms with van der Waals surface area (Å²) in [6, 6.07) is 6.44. The average Bonchev–Trinajstić information content (AvgIpc) is 3.22. The fraction of sp³-hybridized carbons (Fsp3) is 0.400. The number of guanidine groups is 1. The quantitative estimate of drug-likeness (QED) is 0.440. The van der Waals surface area contributed by atoms with Crippen LogP contribution in [0, 0.1) is 13.8 Å². The maximum absolute atomic E-state index is 4.66. The van der Waals surface area contributed by atoms with Gasteiger partial charge in [-0.1, -0.05) is 18.2 Å². The number of thiazole rings is 1. The molecular formula is C20H27N5S. The minimum atomic E-state index is 0.741.